The number of hydrogen-bond donors (Lipinski definition) is 2. The van der Waals surface area contributed by atoms with E-state index in [2.05, 4.69) is 10.3 Å². The summed E-state index contributed by atoms with van der Waals surface area (Å²) in [5, 5.41) is 11.8. The van der Waals surface area contributed by atoms with Crippen LogP contribution in [0.4, 0.5) is 0 Å². The highest BCUT2D eigenvalue weighted by molar-refractivity contribution is 6.29. The van der Waals surface area contributed by atoms with Crippen LogP contribution in [-0.2, 0) is 4.79 Å². The van der Waals surface area contributed by atoms with Crippen molar-refractivity contribution in [3.63, 3.8) is 0 Å². The summed E-state index contributed by atoms with van der Waals surface area (Å²) in [4.78, 5) is 26.5. The molecular formula is C12H15ClN2O3. The minimum atomic E-state index is -0.918. The Kier molecular flexibility index (Phi) is 5.09. The SMILES string of the molecule is CC(C)C(CNC(=O)c1ccnc(Cl)c1)C(=O)O. The summed E-state index contributed by atoms with van der Waals surface area (Å²) < 4.78 is 0. The van der Waals surface area contributed by atoms with Gasteiger partial charge in [0.15, 0.2) is 0 Å². The fraction of sp³-hybridized carbons (Fsp3) is 0.417. The molecule has 0 aromatic carbocycles. The molecule has 1 aromatic rings. The average Bonchev–Trinajstić information content (AvgIpc) is 2.28. The third-order valence-electron chi connectivity index (χ3n) is 2.59. The summed E-state index contributed by atoms with van der Waals surface area (Å²) in [5.74, 6) is -1.93. The van der Waals surface area contributed by atoms with Crippen LogP contribution in [0.3, 0.4) is 0 Å². The first-order valence-corrected chi connectivity index (χ1v) is 5.92. The van der Waals surface area contributed by atoms with Gasteiger partial charge in [0.25, 0.3) is 5.91 Å². The van der Waals surface area contributed by atoms with Gasteiger partial charge < -0.3 is 10.4 Å². The van der Waals surface area contributed by atoms with Crippen LogP contribution in [0.1, 0.15) is 24.2 Å². The molecule has 1 rings (SSSR count). The number of carboxylic acids is 1. The molecule has 98 valence electrons. The number of amides is 1. The number of pyridine rings is 1. The summed E-state index contributed by atoms with van der Waals surface area (Å²) >= 11 is 5.67. The molecule has 0 aliphatic heterocycles. The van der Waals surface area contributed by atoms with Crippen molar-refractivity contribution in [2.75, 3.05) is 6.54 Å². The molecule has 0 aliphatic rings. The van der Waals surface area contributed by atoms with Gasteiger partial charge in [-0.25, -0.2) is 4.98 Å². The van der Waals surface area contributed by atoms with Crippen LogP contribution in [0.25, 0.3) is 0 Å². The largest absolute Gasteiger partial charge is 0.481 e. The zero-order valence-electron chi connectivity index (χ0n) is 10.2. The Labute approximate surface area is 110 Å². The molecule has 1 aromatic heterocycles. The van der Waals surface area contributed by atoms with Crippen molar-refractivity contribution >= 4 is 23.5 Å². The van der Waals surface area contributed by atoms with Gasteiger partial charge in [0.2, 0.25) is 0 Å². The number of rotatable bonds is 5. The summed E-state index contributed by atoms with van der Waals surface area (Å²) in [5.41, 5.74) is 0.364. The fourth-order valence-corrected chi connectivity index (χ4v) is 1.63. The lowest BCUT2D eigenvalue weighted by atomic mass is 9.96. The first-order chi connectivity index (χ1) is 8.41. The maximum absolute atomic E-state index is 11.8. The molecule has 0 saturated heterocycles. The average molecular weight is 271 g/mol. The molecule has 1 amide bonds. The van der Waals surface area contributed by atoms with E-state index < -0.39 is 11.9 Å². The Balaban J connectivity index is 2.63. The van der Waals surface area contributed by atoms with Gasteiger partial charge in [-0.2, -0.15) is 0 Å². The van der Waals surface area contributed by atoms with E-state index in [0.717, 1.165) is 0 Å². The second kappa shape index (κ2) is 6.35. The number of aliphatic carboxylic acids is 1. The van der Waals surface area contributed by atoms with Gasteiger partial charge in [-0.1, -0.05) is 25.4 Å². The van der Waals surface area contributed by atoms with Crippen LogP contribution in [0.5, 0.6) is 0 Å². The lowest BCUT2D eigenvalue weighted by Crippen LogP contribution is -2.35. The first-order valence-electron chi connectivity index (χ1n) is 5.54. The smallest absolute Gasteiger partial charge is 0.308 e. The van der Waals surface area contributed by atoms with Crippen molar-refractivity contribution in [1.82, 2.24) is 10.3 Å². The van der Waals surface area contributed by atoms with Gasteiger partial charge >= 0.3 is 5.97 Å². The lowest BCUT2D eigenvalue weighted by Gasteiger charge is -2.16. The monoisotopic (exact) mass is 270 g/mol. The normalized spacial score (nSPS) is 12.2. The van der Waals surface area contributed by atoms with Crippen LogP contribution in [0, 0.1) is 11.8 Å². The molecule has 0 fully saturated rings. The van der Waals surface area contributed by atoms with Crippen molar-refractivity contribution in [2.24, 2.45) is 11.8 Å². The molecule has 0 saturated carbocycles. The summed E-state index contributed by atoms with van der Waals surface area (Å²) in [7, 11) is 0. The van der Waals surface area contributed by atoms with E-state index >= 15 is 0 Å². The zero-order chi connectivity index (χ0) is 13.7. The number of nitrogens with one attached hydrogen (secondary N) is 1. The minimum Gasteiger partial charge on any atom is -0.481 e. The fourth-order valence-electron chi connectivity index (χ4n) is 1.46. The van der Waals surface area contributed by atoms with E-state index in [-0.39, 0.29) is 23.5 Å². The van der Waals surface area contributed by atoms with Gasteiger partial charge in [0.05, 0.1) is 5.92 Å². The summed E-state index contributed by atoms with van der Waals surface area (Å²) in [6.07, 6.45) is 1.42. The second-order valence-corrected chi connectivity index (χ2v) is 4.65. The molecule has 1 atom stereocenters. The Hall–Kier alpha value is -1.62. The predicted molar refractivity (Wildman–Crippen MR) is 67.5 cm³/mol. The topological polar surface area (TPSA) is 79.3 Å². The molecule has 18 heavy (non-hydrogen) atoms. The minimum absolute atomic E-state index is 0.0520. The molecule has 1 heterocycles. The van der Waals surface area contributed by atoms with E-state index in [4.69, 9.17) is 16.7 Å². The third kappa shape index (κ3) is 4.00. The van der Waals surface area contributed by atoms with Gasteiger partial charge in [0.1, 0.15) is 5.15 Å². The molecule has 0 bridgehead atoms. The maximum atomic E-state index is 11.8. The van der Waals surface area contributed by atoms with Crippen molar-refractivity contribution in [1.29, 1.82) is 0 Å². The number of carbonyl (C=O) groups excluding carboxylic acids is 1. The van der Waals surface area contributed by atoms with Crippen molar-refractivity contribution in [3.8, 4) is 0 Å². The maximum Gasteiger partial charge on any atom is 0.308 e. The van der Waals surface area contributed by atoms with E-state index in [1.54, 1.807) is 13.8 Å². The van der Waals surface area contributed by atoms with Crippen LogP contribution >= 0.6 is 11.6 Å². The highest BCUT2D eigenvalue weighted by atomic mass is 35.5. The molecule has 1 unspecified atom stereocenters. The van der Waals surface area contributed by atoms with Crippen molar-refractivity contribution < 1.29 is 14.7 Å². The van der Waals surface area contributed by atoms with Crippen molar-refractivity contribution in [2.45, 2.75) is 13.8 Å². The number of hydrogen-bond acceptors (Lipinski definition) is 3. The number of carbonyl (C=O) groups is 2. The number of halogens is 1. The van der Waals surface area contributed by atoms with Gasteiger partial charge in [-0.15, -0.1) is 0 Å². The standard InChI is InChI=1S/C12H15ClN2O3/c1-7(2)9(12(17)18)6-15-11(16)8-3-4-14-10(13)5-8/h3-5,7,9H,6H2,1-2H3,(H,15,16)(H,17,18). The molecular weight excluding hydrogens is 256 g/mol. The molecule has 2 N–H and O–H groups in total. The van der Waals surface area contributed by atoms with Crippen molar-refractivity contribution in [3.05, 3.63) is 29.0 Å². The molecule has 6 heteroatoms. The van der Waals surface area contributed by atoms with Gasteiger partial charge in [-0.3, -0.25) is 9.59 Å². The highest BCUT2D eigenvalue weighted by Crippen LogP contribution is 2.11. The third-order valence-corrected chi connectivity index (χ3v) is 2.80. The Morgan fingerprint density at radius 2 is 2.17 bits per heavy atom. The second-order valence-electron chi connectivity index (χ2n) is 4.27. The van der Waals surface area contributed by atoms with E-state index in [9.17, 15) is 9.59 Å². The zero-order valence-corrected chi connectivity index (χ0v) is 10.9. The Morgan fingerprint density at radius 1 is 1.50 bits per heavy atom. The quantitative estimate of drug-likeness (QED) is 0.800. The van der Waals surface area contributed by atoms with Crippen LogP contribution in [0.15, 0.2) is 18.3 Å². The molecule has 0 radical (unpaired) electrons. The predicted octanol–water partition coefficient (Wildman–Crippen LogP) is 1.82. The molecule has 5 nitrogen and oxygen atoms in total. The lowest BCUT2D eigenvalue weighted by molar-refractivity contribution is -0.142. The van der Waals surface area contributed by atoms with Crippen LogP contribution < -0.4 is 5.32 Å². The van der Waals surface area contributed by atoms with Crippen LogP contribution in [-0.4, -0.2) is 28.5 Å². The summed E-state index contributed by atoms with van der Waals surface area (Å²) in [6, 6.07) is 2.95. The van der Waals surface area contributed by atoms with Gasteiger partial charge in [-0.05, 0) is 18.1 Å². The van der Waals surface area contributed by atoms with E-state index in [1.165, 1.54) is 18.3 Å². The number of nitrogens with zero attached hydrogens (tertiary/aromatic N) is 1. The molecule has 0 aliphatic carbocycles. The highest BCUT2D eigenvalue weighted by Gasteiger charge is 2.22. The summed E-state index contributed by atoms with van der Waals surface area (Å²) in [6.45, 7) is 3.69. The number of carboxylic acid groups (broad SMARTS) is 1. The Morgan fingerprint density at radius 3 is 2.67 bits per heavy atom. The van der Waals surface area contributed by atoms with E-state index in [0.29, 0.717) is 5.56 Å². The van der Waals surface area contributed by atoms with E-state index in [1.807, 2.05) is 0 Å². The van der Waals surface area contributed by atoms with Gasteiger partial charge in [0, 0.05) is 18.3 Å². The number of aromatic nitrogens is 1. The van der Waals surface area contributed by atoms with Crippen LogP contribution in [0.2, 0.25) is 5.15 Å². The Bertz CT molecular complexity index is 449. The molecule has 0 spiro atoms. The first kappa shape index (κ1) is 14.4.